The largest absolute Gasteiger partial charge is 0.480 e. The summed E-state index contributed by atoms with van der Waals surface area (Å²) in [6.07, 6.45) is 2.59. The summed E-state index contributed by atoms with van der Waals surface area (Å²) in [6, 6.07) is 10.9. The Morgan fingerprint density at radius 2 is 1.60 bits per heavy atom. The van der Waals surface area contributed by atoms with Crippen LogP contribution in [0.2, 0.25) is 10.0 Å². The van der Waals surface area contributed by atoms with Crippen LogP contribution in [0.25, 0.3) is 0 Å². The molecule has 0 aliphatic carbocycles. The molecule has 1 aromatic heterocycles. The predicted octanol–water partition coefficient (Wildman–Crippen LogP) is 3.85. The van der Waals surface area contributed by atoms with E-state index in [1.807, 2.05) is 0 Å². The normalized spacial score (nSPS) is 11.3. The molecule has 3 aromatic rings. The number of anilines is 1. The standard InChI is InChI=1S/C24H19Cl2N3O6/c1-35-24(34)15-4-2-3-14(10-15)21(30)29-19(23(32)33)9-13-5-7-16(8-6-13)28-22(31)20-17(25)11-27-12-18(20)26/h2-8,10-12,19H,9H2,1H3,(H,28,31)(H,29,30)(H,32,33)/t19-/m0/s1. The molecule has 0 saturated carbocycles. The smallest absolute Gasteiger partial charge is 0.337 e. The number of halogens is 2. The Hall–Kier alpha value is -3.95. The molecule has 0 radical (unpaired) electrons. The van der Waals surface area contributed by atoms with Crippen molar-refractivity contribution in [2.45, 2.75) is 12.5 Å². The van der Waals surface area contributed by atoms with Gasteiger partial charge in [-0.1, -0.05) is 41.4 Å². The van der Waals surface area contributed by atoms with Gasteiger partial charge in [0.1, 0.15) is 6.04 Å². The molecule has 9 nitrogen and oxygen atoms in total. The minimum absolute atomic E-state index is 0.0198. The summed E-state index contributed by atoms with van der Waals surface area (Å²) in [4.78, 5) is 52.3. The molecule has 1 heterocycles. The molecule has 3 N–H and O–H groups in total. The molecule has 0 bridgehead atoms. The highest BCUT2D eigenvalue weighted by molar-refractivity contribution is 6.40. The van der Waals surface area contributed by atoms with Crippen LogP contribution >= 0.6 is 23.2 Å². The van der Waals surface area contributed by atoms with Crippen LogP contribution in [0.1, 0.15) is 36.6 Å². The zero-order valence-electron chi connectivity index (χ0n) is 18.2. The Morgan fingerprint density at radius 3 is 2.20 bits per heavy atom. The SMILES string of the molecule is COC(=O)c1cccc(C(=O)N[C@@H](Cc2ccc(NC(=O)c3c(Cl)cncc3Cl)cc2)C(=O)O)c1. The van der Waals surface area contributed by atoms with E-state index in [0.717, 1.165) is 0 Å². The van der Waals surface area contributed by atoms with E-state index >= 15 is 0 Å². The number of carbonyl (C=O) groups is 4. The highest BCUT2D eigenvalue weighted by atomic mass is 35.5. The van der Waals surface area contributed by atoms with E-state index in [4.69, 9.17) is 23.2 Å². The molecular formula is C24H19Cl2N3O6. The molecule has 11 heteroatoms. The fourth-order valence-electron chi connectivity index (χ4n) is 3.13. The summed E-state index contributed by atoms with van der Waals surface area (Å²) in [5.41, 5.74) is 1.39. The highest BCUT2D eigenvalue weighted by Crippen LogP contribution is 2.24. The van der Waals surface area contributed by atoms with Gasteiger partial charge in [0.05, 0.1) is 28.3 Å². The van der Waals surface area contributed by atoms with Crippen LogP contribution in [0.5, 0.6) is 0 Å². The number of nitrogens with zero attached hydrogens (tertiary/aromatic N) is 1. The third kappa shape index (κ3) is 6.56. The number of amides is 2. The summed E-state index contributed by atoms with van der Waals surface area (Å²) in [6.45, 7) is 0. The van der Waals surface area contributed by atoms with E-state index in [2.05, 4.69) is 20.4 Å². The number of benzene rings is 2. The first-order valence-corrected chi connectivity index (χ1v) is 10.9. The molecule has 2 aromatic carbocycles. The number of hydrogen-bond donors (Lipinski definition) is 3. The molecule has 3 rings (SSSR count). The maximum atomic E-state index is 12.6. The lowest BCUT2D eigenvalue weighted by molar-refractivity contribution is -0.139. The Kier molecular flexibility index (Phi) is 8.40. The van der Waals surface area contributed by atoms with Crippen molar-refractivity contribution in [3.63, 3.8) is 0 Å². The number of hydrogen-bond acceptors (Lipinski definition) is 6. The lowest BCUT2D eigenvalue weighted by atomic mass is 10.0. The van der Waals surface area contributed by atoms with Crippen molar-refractivity contribution in [3.05, 3.63) is 93.2 Å². The Bertz CT molecular complexity index is 1260. The zero-order valence-corrected chi connectivity index (χ0v) is 19.8. The van der Waals surface area contributed by atoms with Crippen LogP contribution in [-0.2, 0) is 16.0 Å². The monoisotopic (exact) mass is 515 g/mol. The molecule has 1 atom stereocenters. The summed E-state index contributed by atoms with van der Waals surface area (Å²) < 4.78 is 4.63. The summed E-state index contributed by atoms with van der Waals surface area (Å²) in [7, 11) is 1.22. The third-order valence-electron chi connectivity index (χ3n) is 4.88. The lowest BCUT2D eigenvalue weighted by Gasteiger charge is -2.15. The van der Waals surface area contributed by atoms with Crippen molar-refractivity contribution in [2.24, 2.45) is 0 Å². The third-order valence-corrected chi connectivity index (χ3v) is 5.45. The fourth-order valence-corrected chi connectivity index (χ4v) is 3.66. The summed E-state index contributed by atoms with van der Waals surface area (Å²) in [5.74, 6) is -3.03. The number of aliphatic carboxylic acids is 1. The maximum absolute atomic E-state index is 12.6. The molecule has 0 aliphatic rings. The van der Waals surface area contributed by atoms with Crippen molar-refractivity contribution in [1.29, 1.82) is 0 Å². The number of carboxylic acids is 1. The van der Waals surface area contributed by atoms with Gasteiger partial charge in [0.25, 0.3) is 11.8 Å². The van der Waals surface area contributed by atoms with E-state index in [1.54, 1.807) is 24.3 Å². The van der Waals surface area contributed by atoms with Crippen molar-refractivity contribution in [2.75, 3.05) is 12.4 Å². The second kappa shape index (κ2) is 11.5. The first kappa shape index (κ1) is 25.7. The molecule has 0 saturated heterocycles. The number of ether oxygens (including phenoxy) is 1. The van der Waals surface area contributed by atoms with Crippen molar-refractivity contribution >= 4 is 52.6 Å². The molecule has 2 amide bonds. The molecule has 35 heavy (non-hydrogen) atoms. The zero-order chi connectivity index (χ0) is 25.5. The minimum Gasteiger partial charge on any atom is -0.480 e. The number of esters is 1. The van der Waals surface area contributed by atoms with Crippen LogP contribution in [0.3, 0.4) is 0 Å². The Balaban J connectivity index is 1.68. The predicted molar refractivity (Wildman–Crippen MR) is 129 cm³/mol. The van der Waals surface area contributed by atoms with Crippen LogP contribution in [0.4, 0.5) is 5.69 Å². The van der Waals surface area contributed by atoms with Gasteiger partial charge in [0.15, 0.2) is 0 Å². The van der Waals surface area contributed by atoms with E-state index < -0.39 is 29.8 Å². The second-order valence-electron chi connectivity index (χ2n) is 7.27. The molecule has 180 valence electrons. The number of carboxylic acid groups (broad SMARTS) is 1. The highest BCUT2D eigenvalue weighted by Gasteiger charge is 2.22. The van der Waals surface area contributed by atoms with Crippen LogP contribution in [0.15, 0.2) is 60.9 Å². The number of pyridine rings is 1. The van der Waals surface area contributed by atoms with Crippen molar-refractivity contribution in [3.8, 4) is 0 Å². The minimum atomic E-state index is -1.24. The van der Waals surface area contributed by atoms with Gasteiger partial charge in [-0.05, 0) is 35.9 Å². The van der Waals surface area contributed by atoms with Gasteiger partial charge in [-0.25, -0.2) is 9.59 Å². The summed E-state index contributed by atoms with van der Waals surface area (Å²) >= 11 is 12.0. The van der Waals surface area contributed by atoms with Gasteiger partial charge in [-0.2, -0.15) is 0 Å². The van der Waals surface area contributed by atoms with Gasteiger partial charge in [0.2, 0.25) is 0 Å². The second-order valence-corrected chi connectivity index (χ2v) is 8.08. The molecular weight excluding hydrogens is 497 g/mol. The number of rotatable bonds is 8. The molecule has 0 aliphatic heterocycles. The first-order valence-electron chi connectivity index (χ1n) is 10.1. The average Bonchev–Trinajstić information content (AvgIpc) is 2.84. The van der Waals surface area contributed by atoms with E-state index in [0.29, 0.717) is 11.3 Å². The molecule has 0 unspecified atom stereocenters. The molecule has 0 fully saturated rings. The van der Waals surface area contributed by atoms with Gasteiger partial charge in [0, 0.05) is 30.1 Å². The average molecular weight is 516 g/mol. The number of nitrogens with one attached hydrogen (secondary N) is 2. The quantitative estimate of drug-likeness (QED) is 0.387. The van der Waals surface area contributed by atoms with Crippen LogP contribution in [-0.4, -0.2) is 47.0 Å². The van der Waals surface area contributed by atoms with Gasteiger partial charge in [-0.15, -0.1) is 0 Å². The Labute approximate surface area is 210 Å². The Morgan fingerprint density at radius 1 is 0.971 bits per heavy atom. The van der Waals surface area contributed by atoms with E-state index in [1.165, 1.54) is 43.8 Å². The first-order chi connectivity index (χ1) is 16.7. The number of aromatic nitrogens is 1. The lowest BCUT2D eigenvalue weighted by Crippen LogP contribution is -2.42. The fraction of sp³-hybridized carbons (Fsp3) is 0.125. The maximum Gasteiger partial charge on any atom is 0.337 e. The van der Waals surface area contributed by atoms with Crippen LogP contribution in [0, 0.1) is 0 Å². The van der Waals surface area contributed by atoms with E-state index in [9.17, 15) is 24.3 Å². The summed E-state index contributed by atoms with van der Waals surface area (Å²) in [5, 5.41) is 14.9. The topological polar surface area (TPSA) is 135 Å². The van der Waals surface area contributed by atoms with Crippen molar-refractivity contribution in [1.82, 2.24) is 10.3 Å². The van der Waals surface area contributed by atoms with Gasteiger partial charge in [-0.3, -0.25) is 14.6 Å². The number of methoxy groups -OCH3 is 1. The van der Waals surface area contributed by atoms with Gasteiger partial charge >= 0.3 is 11.9 Å². The van der Waals surface area contributed by atoms with Crippen LogP contribution < -0.4 is 10.6 Å². The van der Waals surface area contributed by atoms with E-state index in [-0.39, 0.29) is 33.2 Å². The van der Waals surface area contributed by atoms with Gasteiger partial charge < -0.3 is 20.5 Å². The van der Waals surface area contributed by atoms with Crippen molar-refractivity contribution < 1.29 is 29.0 Å². The number of carbonyl (C=O) groups excluding carboxylic acids is 3. The molecule has 0 spiro atoms.